The fraction of sp³-hybridized carbons (Fsp3) is 0.391. The molecule has 2 aliphatic rings. The summed E-state index contributed by atoms with van der Waals surface area (Å²) in [4.78, 5) is 30.3. The molecule has 0 saturated carbocycles. The lowest BCUT2D eigenvalue weighted by Gasteiger charge is -2.36. The van der Waals surface area contributed by atoms with Gasteiger partial charge >= 0.3 is 5.97 Å². The van der Waals surface area contributed by atoms with E-state index < -0.39 is 24.2 Å². The molecule has 3 atom stereocenters. The lowest BCUT2D eigenvalue weighted by molar-refractivity contribution is 0.0526. The van der Waals surface area contributed by atoms with Crippen molar-refractivity contribution in [3.05, 3.63) is 64.7 Å². The second kappa shape index (κ2) is 9.47. The molecule has 35 heavy (non-hydrogen) atoms. The number of piperidine rings is 1. The number of tetrazole rings is 1. The van der Waals surface area contributed by atoms with Crippen LogP contribution in [0.3, 0.4) is 0 Å². The Morgan fingerprint density at radius 3 is 2.91 bits per heavy atom. The summed E-state index contributed by atoms with van der Waals surface area (Å²) in [7, 11) is 0. The summed E-state index contributed by atoms with van der Waals surface area (Å²) >= 11 is 0. The summed E-state index contributed by atoms with van der Waals surface area (Å²) < 4.78 is 21.4. The molecule has 0 spiro atoms. The molecule has 1 amide bonds. The number of nitrogens with one attached hydrogen (secondary N) is 1. The molecule has 2 aliphatic heterocycles. The molecule has 5 rings (SSSR count). The van der Waals surface area contributed by atoms with Crippen LogP contribution in [0.4, 0.5) is 4.39 Å². The standard InChI is InChI=1S/C23H24FN7O4/c1-13-15(3-4-16-17(13)11-35-23(16)34)21(32)10-30-7-6-19(18(24)9-30)27-22(33)20-5-2-14(8-25-20)31-12-26-28-29-31/h2-5,8,12,18-19,21,32H,6-7,9-11H2,1H3,(H,27,33). The van der Waals surface area contributed by atoms with Gasteiger partial charge in [-0.3, -0.25) is 9.69 Å². The Hall–Kier alpha value is -3.77. The minimum absolute atomic E-state index is 0.0826. The molecular weight excluding hydrogens is 457 g/mol. The number of aliphatic hydroxyl groups is 1. The average molecular weight is 481 g/mol. The van der Waals surface area contributed by atoms with Crippen molar-refractivity contribution in [3.63, 3.8) is 0 Å². The molecule has 1 saturated heterocycles. The topological polar surface area (TPSA) is 135 Å². The number of carbonyl (C=O) groups is 2. The van der Waals surface area contributed by atoms with Crippen LogP contribution in [-0.2, 0) is 11.3 Å². The molecule has 1 aromatic carbocycles. The molecule has 4 heterocycles. The molecule has 182 valence electrons. The molecule has 11 nitrogen and oxygen atoms in total. The van der Waals surface area contributed by atoms with Crippen molar-refractivity contribution in [1.29, 1.82) is 0 Å². The van der Waals surface area contributed by atoms with E-state index in [1.54, 1.807) is 18.2 Å². The number of pyridine rings is 1. The highest BCUT2D eigenvalue weighted by atomic mass is 19.1. The van der Waals surface area contributed by atoms with Gasteiger partial charge in [-0.25, -0.2) is 14.2 Å². The van der Waals surface area contributed by atoms with Crippen LogP contribution < -0.4 is 5.32 Å². The van der Waals surface area contributed by atoms with Crippen LogP contribution in [0, 0.1) is 6.92 Å². The Kier molecular flexibility index (Phi) is 6.22. The zero-order chi connectivity index (χ0) is 24.5. The van der Waals surface area contributed by atoms with Crippen LogP contribution in [0.25, 0.3) is 5.69 Å². The molecule has 12 heteroatoms. The predicted octanol–water partition coefficient (Wildman–Crippen LogP) is 0.912. The Morgan fingerprint density at radius 2 is 2.20 bits per heavy atom. The largest absolute Gasteiger partial charge is 0.457 e. The highest BCUT2D eigenvalue weighted by Crippen LogP contribution is 2.30. The first-order valence-electron chi connectivity index (χ1n) is 11.2. The van der Waals surface area contributed by atoms with Gasteiger partial charge in [-0.2, -0.15) is 4.68 Å². The number of esters is 1. The van der Waals surface area contributed by atoms with Crippen molar-refractivity contribution in [1.82, 2.24) is 35.4 Å². The summed E-state index contributed by atoms with van der Waals surface area (Å²) in [6.45, 7) is 2.89. The van der Waals surface area contributed by atoms with Gasteiger partial charge in [0, 0.05) is 25.2 Å². The highest BCUT2D eigenvalue weighted by molar-refractivity contribution is 5.94. The summed E-state index contributed by atoms with van der Waals surface area (Å²) in [6, 6.07) is 5.92. The number of β-amino-alcohol motifs (C(OH)–C–C–N with tert-alkyl or cyclic N) is 1. The lowest BCUT2D eigenvalue weighted by atomic mass is 9.94. The van der Waals surface area contributed by atoms with Crippen LogP contribution in [0.5, 0.6) is 0 Å². The number of cyclic esters (lactones) is 1. The van der Waals surface area contributed by atoms with Gasteiger partial charge in [0.05, 0.1) is 29.6 Å². The maximum Gasteiger partial charge on any atom is 0.338 e. The third-order valence-electron chi connectivity index (χ3n) is 6.53. The molecule has 0 radical (unpaired) electrons. The number of hydrogen-bond acceptors (Lipinski definition) is 9. The number of ether oxygens (including phenoxy) is 1. The number of aliphatic hydroxyl groups excluding tert-OH is 1. The number of likely N-dealkylation sites (tertiary alicyclic amines) is 1. The van der Waals surface area contributed by atoms with Gasteiger partial charge in [-0.1, -0.05) is 6.07 Å². The Bertz CT molecular complexity index is 1240. The lowest BCUT2D eigenvalue weighted by Crippen LogP contribution is -2.53. The quantitative estimate of drug-likeness (QED) is 0.493. The van der Waals surface area contributed by atoms with E-state index in [9.17, 15) is 19.1 Å². The van der Waals surface area contributed by atoms with Crippen molar-refractivity contribution in [2.75, 3.05) is 19.6 Å². The fourth-order valence-electron chi connectivity index (χ4n) is 4.55. The van der Waals surface area contributed by atoms with Crippen LogP contribution in [0.15, 0.2) is 36.8 Å². The first-order valence-corrected chi connectivity index (χ1v) is 11.2. The van der Waals surface area contributed by atoms with Gasteiger partial charge in [0.1, 0.15) is 24.8 Å². The van der Waals surface area contributed by atoms with Crippen LogP contribution in [0.1, 0.15) is 50.1 Å². The van der Waals surface area contributed by atoms with Crippen molar-refractivity contribution >= 4 is 11.9 Å². The number of aromatic nitrogens is 5. The van der Waals surface area contributed by atoms with Crippen LogP contribution >= 0.6 is 0 Å². The third kappa shape index (κ3) is 4.62. The molecule has 0 aliphatic carbocycles. The SMILES string of the molecule is Cc1c(C(O)CN2CCC(NC(=O)c3ccc(-n4cnnn4)cn3)C(F)C2)ccc2c1COC2=O. The van der Waals surface area contributed by atoms with Gasteiger partial charge in [0.2, 0.25) is 0 Å². The van der Waals surface area contributed by atoms with Crippen LogP contribution in [-0.4, -0.2) is 78.9 Å². The van der Waals surface area contributed by atoms with Gasteiger partial charge in [0.25, 0.3) is 5.91 Å². The number of fused-ring (bicyclic) bond motifs is 1. The maximum absolute atomic E-state index is 14.9. The number of carbonyl (C=O) groups excluding carboxylic acids is 2. The summed E-state index contributed by atoms with van der Waals surface area (Å²) in [5.41, 5.74) is 3.60. The first kappa shape index (κ1) is 23.0. The Labute approximate surface area is 199 Å². The van der Waals surface area contributed by atoms with E-state index in [1.165, 1.54) is 23.3 Å². The molecular formula is C23H24FN7O4. The number of nitrogens with zero attached hydrogens (tertiary/aromatic N) is 6. The Balaban J connectivity index is 1.16. The maximum atomic E-state index is 14.9. The number of alkyl halides is 1. The number of rotatable bonds is 6. The predicted molar refractivity (Wildman–Crippen MR) is 119 cm³/mol. The van der Waals surface area contributed by atoms with Crippen molar-refractivity contribution in [2.24, 2.45) is 0 Å². The molecule has 3 unspecified atom stereocenters. The monoisotopic (exact) mass is 481 g/mol. The average Bonchev–Trinajstić information content (AvgIpc) is 3.52. The second-order valence-electron chi connectivity index (χ2n) is 8.70. The highest BCUT2D eigenvalue weighted by Gasteiger charge is 2.32. The summed E-state index contributed by atoms with van der Waals surface area (Å²) in [6.07, 6.45) is 1.14. The minimum Gasteiger partial charge on any atom is -0.457 e. The van der Waals surface area contributed by atoms with E-state index >= 15 is 0 Å². The zero-order valence-electron chi connectivity index (χ0n) is 19.0. The smallest absolute Gasteiger partial charge is 0.338 e. The number of amides is 1. The van der Waals surface area contributed by atoms with E-state index in [1.807, 2.05) is 11.8 Å². The van der Waals surface area contributed by atoms with Crippen molar-refractivity contribution in [2.45, 2.75) is 38.3 Å². The van der Waals surface area contributed by atoms with Crippen molar-refractivity contribution in [3.8, 4) is 5.69 Å². The second-order valence-corrected chi connectivity index (χ2v) is 8.70. The van der Waals surface area contributed by atoms with Gasteiger partial charge in [0.15, 0.2) is 0 Å². The van der Waals surface area contributed by atoms with E-state index in [2.05, 4.69) is 25.8 Å². The first-order chi connectivity index (χ1) is 16.9. The van der Waals surface area contributed by atoms with E-state index in [0.29, 0.717) is 29.8 Å². The van der Waals surface area contributed by atoms with Gasteiger partial charge in [-0.05, 0) is 53.1 Å². The fourth-order valence-corrected chi connectivity index (χ4v) is 4.55. The van der Waals surface area contributed by atoms with E-state index in [4.69, 9.17) is 4.74 Å². The molecule has 0 bridgehead atoms. The Morgan fingerprint density at radius 1 is 1.34 bits per heavy atom. The molecule has 2 aromatic heterocycles. The van der Waals surface area contributed by atoms with Crippen molar-refractivity contribution < 1.29 is 23.8 Å². The summed E-state index contributed by atoms with van der Waals surface area (Å²) in [5, 5.41) is 24.4. The third-order valence-corrected chi connectivity index (χ3v) is 6.53. The molecule has 2 N–H and O–H groups in total. The van der Waals surface area contributed by atoms with E-state index in [0.717, 1.165) is 11.1 Å². The van der Waals surface area contributed by atoms with Gasteiger partial charge < -0.3 is 15.2 Å². The molecule has 1 fully saturated rings. The van der Waals surface area contributed by atoms with E-state index in [-0.39, 0.29) is 31.4 Å². The van der Waals surface area contributed by atoms with Gasteiger partial charge in [-0.15, -0.1) is 5.10 Å². The number of hydrogen-bond donors (Lipinski definition) is 2. The summed E-state index contributed by atoms with van der Waals surface area (Å²) in [5.74, 6) is -0.813. The minimum atomic E-state index is -1.30. The number of benzene rings is 1. The van der Waals surface area contributed by atoms with Crippen LogP contribution in [0.2, 0.25) is 0 Å². The molecule has 3 aromatic rings. The number of halogens is 1. The zero-order valence-corrected chi connectivity index (χ0v) is 19.0. The normalized spacial score (nSPS) is 20.8.